The maximum atomic E-state index is 10.9. The molecule has 0 heterocycles. The Morgan fingerprint density at radius 2 is 1.79 bits per heavy atom. The molecule has 0 aliphatic heterocycles. The molecule has 0 aromatic heterocycles. The molecule has 0 aliphatic carbocycles. The average Bonchev–Trinajstić information content (AvgIpc) is 2.04. The lowest BCUT2D eigenvalue weighted by atomic mass is 9.98. The van der Waals surface area contributed by atoms with Gasteiger partial charge < -0.3 is 5.32 Å². The molecule has 0 rings (SSSR count). The Labute approximate surface area is 85.9 Å². The van der Waals surface area contributed by atoms with E-state index in [2.05, 4.69) is 25.1 Å². The van der Waals surface area contributed by atoms with Crippen LogP contribution in [0.1, 0.15) is 27.2 Å². The van der Waals surface area contributed by atoms with Gasteiger partial charge in [-0.25, -0.2) is 0 Å². The smallest absolute Gasteiger partial charge is 0.243 e. The summed E-state index contributed by atoms with van der Waals surface area (Å²) in [5.41, 5.74) is -0.475. The van der Waals surface area contributed by atoms with Gasteiger partial charge in [0.2, 0.25) is 5.91 Å². The van der Waals surface area contributed by atoms with Crippen LogP contribution < -0.4 is 5.32 Å². The highest BCUT2D eigenvalue weighted by molar-refractivity contribution is 5.88. The van der Waals surface area contributed by atoms with Crippen molar-refractivity contribution in [3.05, 3.63) is 25.8 Å². The van der Waals surface area contributed by atoms with Gasteiger partial charge in [-0.05, 0) is 26.8 Å². The first-order chi connectivity index (χ1) is 6.37. The fourth-order valence-electron chi connectivity index (χ4n) is 1.05. The van der Waals surface area contributed by atoms with Gasteiger partial charge >= 0.3 is 0 Å². The summed E-state index contributed by atoms with van der Waals surface area (Å²) in [7, 11) is 0. The van der Waals surface area contributed by atoms with Gasteiger partial charge in [0, 0.05) is 12.0 Å². The highest BCUT2D eigenvalue weighted by Gasteiger charge is 2.20. The molecule has 3 heteroatoms. The van der Waals surface area contributed by atoms with Gasteiger partial charge in [0.05, 0.1) is 0 Å². The van der Waals surface area contributed by atoms with Gasteiger partial charge in [0.15, 0.2) is 0 Å². The predicted molar refractivity (Wildman–Crippen MR) is 59.0 cm³/mol. The normalized spacial score (nSPS) is 9.36. The number of amides is 1. The van der Waals surface area contributed by atoms with Gasteiger partial charge in [0.25, 0.3) is 0 Å². The van der Waals surface area contributed by atoms with E-state index in [1.807, 2.05) is 0 Å². The van der Waals surface area contributed by atoms with Crippen LogP contribution >= 0.6 is 0 Å². The van der Waals surface area contributed by atoms with Crippen LogP contribution in [0, 0.1) is 0 Å². The van der Waals surface area contributed by atoms with Gasteiger partial charge in [-0.1, -0.05) is 6.58 Å². The van der Waals surface area contributed by atoms with Crippen LogP contribution in [0.3, 0.4) is 0 Å². The molecule has 1 amide bonds. The zero-order valence-corrected chi connectivity index (χ0v) is 9.22. The molecule has 0 bridgehead atoms. The van der Waals surface area contributed by atoms with Crippen molar-refractivity contribution in [2.24, 2.45) is 0 Å². The zero-order valence-electron chi connectivity index (χ0n) is 9.22. The first-order valence-corrected chi connectivity index (χ1v) is 4.31. The summed E-state index contributed by atoms with van der Waals surface area (Å²) in [5, 5.41) is 2.66. The van der Waals surface area contributed by atoms with Gasteiger partial charge in [0.1, 0.15) is 5.78 Å². The first-order valence-electron chi connectivity index (χ1n) is 4.31. The second-order valence-electron chi connectivity index (χ2n) is 3.46. The molecule has 0 aliphatic rings. The van der Waals surface area contributed by atoms with Crippen molar-refractivity contribution < 1.29 is 9.59 Å². The van der Waals surface area contributed by atoms with E-state index in [-0.39, 0.29) is 11.7 Å². The van der Waals surface area contributed by atoms with Crippen LogP contribution in [0.2, 0.25) is 0 Å². The standard InChI is InChI=1S/C9H15NO2.C2H4/c1-5-8(12)10-9(3,4)6-7(2)11;1-2/h5H,1,6H2,2-4H3,(H,10,12);1-2H2. The first kappa shape index (κ1) is 15.1. The van der Waals surface area contributed by atoms with Crippen LogP contribution in [-0.4, -0.2) is 17.2 Å². The molecule has 0 saturated carbocycles. The summed E-state index contributed by atoms with van der Waals surface area (Å²) < 4.78 is 0. The van der Waals surface area contributed by atoms with Crippen molar-refractivity contribution in [1.82, 2.24) is 5.32 Å². The van der Waals surface area contributed by atoms with Crippen LogP contribution in [0.25, 0.3) is 0 Å². The summed E-state index contributed by atoms with van der Waals surface area (Å²) in [5.74, 6) is -0.189. The van der Waals surface area contributed by atoms with E-state index in [1.165, 1.54) is 13.0 Å². The SMILES string of the molecule is C=C.C=CC(=O)NC(C)(C)CC(C)=O. The number of ketones is 1. The molecule has 0 saturated heterocycles. The van der Waals surface area contributed by atoms with E-state index in [1.54, 1.807) is 13.8 Å². The minimum Gasteiger partial charge on any atom is -0.347 e. The summed E-state index contributed by atoms with van der Waals surface area (Å²) in [6, 6.07) is 0. The Hall–Kier alpha value is -1.38. The number of nitrogens with one attached hydrogen (secondary N) is 1. The molecular weight excluding hydrogens is 178 g/mol. The molecule has 0 aromatic rings. The topological polar surface area (TPSA) is 46.2 Å². The zero-order chi connectivity index (χ0) is 11.8. The van der Waals surface area contributed by atoms with E-state index in [0.29, 0.717) is 6.42 Å². The minimum atomic E-state index is -0.475. The van der Waals surface area contributed by atoms with E-state index in [4.69, 9.17) is 0 Å². The number of rotatable bonds is 4. The molecular formula is C11H19NO2. The lowest BCUT2D eigenvalue weighted by Crippen LogP contribution is -2.43. The molecule has 14 heavy (non-hydrogen) atoms. The van der Waals surface area contributed by atoms with Crippen molar-refractivity contribution in [2.45, 2.75) is 32.7 Å². The lowest BCUT2D eigenvalue weighted by Gasteiger charge is -2.23. The quantitative estimate of drug-likeness (QED) is 0.552. The molecule has 0 unspecified atom stereocenters. The van der Waals surface area contributed by atoms with Gasteiger partial charge in [-0.15, -0.1) is 13.2 Å². The maximum absolute atomic E-state index is 10.9. The largest absolute Gasteiger partial charge is 0.347 e. The van der Waals surface area contributed by atoms with E-state index >= 15 is 0 Å². The fourth-order valence-corrected chi connectivity index (χ4v) is 1.05. The molecule has 0 atom stereocenters. The molecule has 80 valence electrons. The van der Waals surface area contributed by atoms with E-state index < -0.39 is 5.54 Å². The van der Waals surface area contributed by atoms with Crippen molar-refractivity contribution in [3.63, 3.8) is 0 Å². The number of carbonyl (C=O) groups is 2. The highest BCUT2D eigenvalue weighted by Crippen LogP contribution is 2.08. The summed E-state index contributed by atoms with van der Waals surface area (Å²) in [4.78, 5) is 21.6. The molecule has 0 spiro atoms. The molecule has 0 fully saturated rings. The fraction of sp³-hybridized carbons (Fsp3) is 0.455. The third-order valence-corrected chi connectivity index (χ3v) is 1.34. The van der Waals surface area contributed by atoms with Crippen molar-refractivity contribution in [3.8, 4) is 0 Å². The Bertz CT molecular complexity index is 219. The predicted octanol–water partition coefficient (Wildman–Crippen LogP) is 1.85. The average molecular weight is 197 g/mol. The third-order valence-electron chi connectivity index (χ3n) is 1.34. The number of Topliss-reactive ketones (excluding diaryl/α,β-unsaturated/α-hetero) is 1. The number of hydrogen-bond acceptors (Lipinski definition) is 2. The lowest BCUT2D eigenvalue weighted by molar-refractivity contribution is -0.120. The van der Waals surface area contributed by atoms with E-state index in [0.717, 1.165) is 0 Å². The van der Waals surface area contributed by atoms with Crippen molar-refractivity contribution in [1.29, 1.82) is 0 Å². The second-order valence-corrected chi connectivity index (χ2v) is 3.46. The summed E-state index contributed by atoms with van der Waals surface area (Å²) in [6.07, 6.45) is 1.54. The number of carbonyl (C=O) groups excluding carboxylic acids is 2. The Morgan fingerprint density at radius 1 is 1.36 bits per heavy atom. The maximum Gasteiger partial charge on any atom is 0.243 e. The van der Waals surface area contributed by atoms with Gasteiger partial charge in [-0.2, -0.15) is 0 Å². The van der Waals surface area contributed by atoms with Crippen LogP contribution in [0.15, 0.2) is 25.8 Å². The second kappa shape index (κ2) is 7.06. The molecule has 0 aromatic carbocycles. The summed E-state index contributed by atoms with van der Waals surface area (Å²) >= 11 is 0. The van der Waals surface area contributed by atoms with Crippen LogP contribution in [-0.2, 0) is 9.59 Å². The van der Waals surface area contributed by atoms with Gasteiger partial charge in [-0.3, -0.25) is 9.59 Å². The van der Waals surface area contributed by atoms with Crippen LogP contribution in [0.4, 0.5) is 0 Å². The Morgan fingerprint density at radius 3 is 2.07 bits per heavy atom. The summed E-state index contributed by atoms with van der Waals surface area (Å²) in [6.45, 7) is 14.4. The van der Waals surface area contributed by atoms with E-state index in [9.17, 15) is 9.59 Å². The molecule has 3 nitrogen and oxygen atoms in total. The highest BCUT2D eigenvalue weighted by atomic mass is 16.1. The van der Waals surface area contributed by atoms with Crippen LogP contribution in [0.5, 0.6) is 0 Å². The monoisotopic (exact) mass is 197 g/mol. The molecule has 0 radical (unpaired) electrons. The minimum absolute atomic E-state index is 0.0596. The Kier molecular flexibility index (Phi) is 7.62. The van der Waals surface area contributed by atoms with Crippen molar-refractivity contribution >= 4 is 11.7 Å². The third kappa shape index (κ3) is 8.71. The van der Waals surface area contributed by atoms with Crippen molar-refractivity contribution in [2.75, 3.05) is 0 Å². The molecule has 1 N–H and O–H groups in total. The Balaban J connectivity index is 0. The number of hydrogen-bond donors (Lipinski definition) is 1.